The van der Waals surface area contributed by atoms with Crippen LogP contribution in [-0.4, -0.2) is 5.60 Å². The van der Waals surface area contributed by atoms with Gasteiger partial charge in [-0.1, -0.05) is 51.1 Å². The lowest BCUT2D eigenvalue weighted by Gasteiger charge is -2.33. The predicted molar refractivity (Wildman–Crippen MR) is 81.7 cm³/mol. The fraction of sp³-hybridized carbons (Fsp3) is 0.625. The lowest BCUT2D eigenvalue weighted by atomic mass is 9.89. The van der Waals surface area contributed by atoms with Crippen LogP contribution >= 0.6 is 11.6 Å². The lowest BCUT2D eigenvalue weighted by molar-refractivity contribution is -0.0134. The molecule has 104 valence electrons. The molecule has 0 spiro atoms. The highest BCUT2D eigenvalue weighted by molar-refractivity contribution is 6.31. The van der Waals surface area contributed by atoms with Crippen LogP contribution in [0.15, 0.2) is 35.6 Å². The maximum atomic E-state index is 6.09. The van der Waals surface area contributed by atoms with E-state index in [4.69, 9.17) is 16.3 Å². The third-order valence-electron chi connectivity index (χ3n) is 3.23. The molecule has 0 aromatic carbocycles. The van der Waals surface area contributed by atoms with Crippen LogP contribution in [0.4, 0.5) is 0 Å². The molecule has 0 radical (unpaired) electrons. The molecule has 0 aromatic rings. The number of hydrogen-bond acceptors (Lipinski definition) is 1. The highest BCUT2D eigenvalue weighted by Crippen LogP contribution is 2.30. The first-order valence-electron chi connectivity index (χ1n) is 6.74. The van der Waals surface area contributed by atoms with Crippen molar-refractivity contribution in [1.29, 1.82) is 0 Å². The van der Waals surface area contributed by atoms with Gasteiger partial charge < -0.3 is 4.74 Å². The highest BCUT2D eigenvalue weighted by Gasteiger charge is 2.28. The molecule has 0 fully saturated rings. The number of halogens is 1. The fourth-order valence-electron chi connectivity index (χ4n) is 1.57. The number of allylic oxidation sites excluding steroid dienone is 5. The SMILES string of the molecule is C=C/C(Cl)=C(\CC)OC(C)(C)[C@@H](C)C/C=C\CC. The van der Waals surface area contributed by atoms with Crippen LogP contribution in [0.2, 0.25) is 0 Å². The molecule has 0 amide bonds. The van der Waals surface area contributed by atoms with Crippen molar-refractivity contribution in [2.75, 3.05) is 0 Å². The molecule has 0 bridgehead atoms. The zero-order valence-corrected chi connectivity index (χ0v) is 13.2. The monoisotopic (exact) mass is 270 g/mol. The molecule has 1 nitrogen and oxygen atoms in total. The lowest BCUT2D eigenvalue weighted by Crippen LogP contribution is -2.32. The van der Waals surface area contributed by atoms with Gasteiger partial charge in [-0.2, -0.15) is 0 Å². The molecular weight excluding hydrogens is 244 g/mol. The summed E-state index contributed by atoms with van der Waals surface area (Å²) in [5, 5.41) is 0.613. The van der Waals surface area contributed by atoms with Gasteiger partial charge >= 0.3 is 0 Å². The Labute approximate surface area is 118 Å². The summed E-state index contributed by atoms with van der Waals surface area (Å²) in [5.41, 5.74) is -0.230. The normalized spacial score (nSPS) is 15.4. The van der Waals surface area contributed by atoms with Crippen molar-refractivity contribution in [3.63, 3.8) is 0 Å². The maximum absolute atomic E-state index is 6.09. The zero-order chi connectivity index (χ0) is 14.2. The van der Waals surface area contributed by atoms with Crippen LogP contribution in [-0.2, 0) is 4.74 Å². The predicted octanol–water partition coefficient (Wildman–Crippen LogP) is 5.82. The van der Waals surface area contributed by atoms with E-state index in [1.165, 1.54) is 0 Å². The Bertz CT molecular complexity index is 313. The second-order valence-corrected chi connectivity index (χ2v) is 5.46. The van der Waals surface area contributed by atoms with E-state index in [9.17, 15) is 0 Å². The van der Waals surface area contributed by atoms with Crippen molar-refractivity contribution in [1.82, 2.24) is 0 Å². The zero-order valence-electron chi connectivity index (χ0n) is 12.4. The molecule has 0 heterocycles. The molecule has 18 heavy (non-hydrogen) atoms. The number of ether oxygens (including phenoxy) is 1. The Morgan fingerprint density at radius 2 is 1.94 bits per heavy atom. The molecule has 0 unspecified atom stereocenters. The third kappa shape index (κ3) is 5.77. The molecule has 0 saturated carbocycles. The molecule has 0 saturated heterocycles. The Morgan fingerprint density at radius 3 is 2.39 bits per heavy atom. The van der Waals surface area contributed by atoms with E-state index in [-0.39, 0.29) is 5.60 Å². The second kappa shape index (κ2) is 8.42. The van der Waals surface area contributed by atoms with Crippen molar-refractivity contribution < 1.29 is 4.74 Å². The van der Waals surface area contributed by atoms with Gasteiger partial charge in [0.15, 0.2) is 0 Å². The van der Waals surface area contributed by atoms with E-state index < -0.39 is 0 Å². The first-order valence-corrected chi connectivity index (χ1v) is 7.11. The molecule has 0 aromatic heterocycles. The summed E-state index contributed by atoms with van der Waals surface area (Å²) in [6, 6.07) is 0. The molecule has 0 rings (SSSR count). The van der Waals surface area contributed by atoms with E-state index in [2.05, 4.69) is 46.4 Å². The minimum Gasteiger partial charge on any atom is -0.490 e. The molecule has 2 heteroatoms. The van der Waals surface area contributed by atoms with Crippen LogP contribution in [0.3, 0.4) is 0 Å². The van der Waals surface area contributed by atoms with E-state index in [1.54, 1.807) is 6.08 Å². The van der Waals surface area contributed by atoms with Gasteiger partial charge in [0.25, 0.3) is 0 Å². The minimum atomic E-state index is -0.230. The van der Waals surface area contributed by atoms with Gasteiger partial charge in [0.05, 0.1) is 5.03 Å². The average Bonchev–Trinajstić information content (AvgIpc) is 2.35. The second-order valence-electron chi connectivity index (χ2n) is 5.05. The van der Waals surface area contributed by atoms with Gasteiger partial charge in [-0.3, -0.25) is 0 Å². The van der Waals surface area contributed by atoms with Gasteiger partial charge in [-0.15, -0.1) is 0 Å². The molecule has 0 N–H and O–H groups in total. The van der Waals surface area contributed by atoms with Crippen LogP contribution in [0, 0.1) is 5.92 Å². The molecule has 0 aliphatic carbocycles. The summed E-state index contributed by atoms with van der Waals surface area (Å²) in [6.07, 6.45) is 8.93. The van der Waals surface area contributed by atoms with Crippen molar-refractivity contribution in [3.8, 4) is 0 Å². The molecule has 0 aliphatic rings. The highest BCUT2D eigenvalue weighted by atomic mass is 35.5. The summed E-state index contributed by atoms with van der Waals surface area (Å²) >= 11 is 6.09. The number of rotatable bonds is 8. The van der Waals surface area contributed by atoms with Gasteiger partial charge in [0, 0.05) is 6.42 Å². The summed E-state index contributed by atoms with van der Waals surface area (Å²) < 4.78 is 6.07. The Balaban J connectivity index is 4.71. The van der Waals surface area contributed by atoms with Crippen LogP contribution < -0.4 is 0 Å². The topological polar surface area (TPSA) is 9.23 Å². The van der Waals surface area contributed by atoms with E-state index >= 15 is 0 Å². The maximum Gasteiger partial charge on any atom is 0.115 e. The summed E-state index contributed by atoms with van der Waals surface area (Å²) in [7, 11) is 0. The Kier molecular flexibility index (Phi) is 8.10. The smallest absolute Gasteiger partial charge is 0.115 e. The summed E-state index contributed by atoms with van der Waals surface area (Å²) in [5.74, 6) is 1.25. The molecule has 1 atom stereocenters. The van der Waals surface area contributed by atoms with Crippen molar-refractivity contribution in [2.45, 2.75) is 59.5 Å². The summed E-state index contributed by atoms with van der Waals surface area (Å²) in [4.78, 5) is 0. The first-order chi connectivity index (χ1) is 8.38. The molecule has 0 aliphatic heterocycles. The molecular formula is C16H27ClO. The van der Waals surface area contributed by atoms with Crippen LogP contribution in [0.25, 0.3) is 0 Å². The van der Waals surface area contributed by atoms with Crippen LogP contribution in [0.1, 0.15) is 53.9 Å². The quantitative estimate of drug-likeness (QED) is 0.307. The van der Waals surface area contributed by atoms with E-state index in [1.807, 2.05) is 6.92 Å². The summed E-state index contributed by atoms with van der Waals surface area (Å²) in [6.45, 7) is 14.3. The average molecular weight is 271 g/mol. The largest absolute Gasteiger partial charge is 0.490 e. The third-order valence-corrected chi connectivity index (χ3v) is 3.60. The van der Waals surface area contributed by atoms with Crippen molar-refractivity contribution in [3.05, 3.63) is 35.6 Å². The van der Waals surface area contributed by atoms with Gasteiger partial charge in [0.2, 0.25) is 0 Å². The minimum absolute atomic E-state index is 0.230. The van der Waals surface area contributed by atoms with Gasteiger partial charge in [-0.25, -0.2) is 0 Å². The van der Waals surface area contributed by atoms with Gasteiger partial charge in [-0.05, 0) is 38.7 Å². The van der Waals surface area contributed by atoms with Crippen molar-refractivity contribution >= 4 is 11.6 Å². The Morgan fingerprint density at radius 1 is 1.33 bits per heavy atom. The van der Waals surface area contributed by atoms with E-state index in [0.717, 1.165) is 25.0 Å². The van der Waals surface area contributed by atoms with Gasteiger partial charge in [0.1, 0.15) is 11.4 Å². The fourth-order valence-corrected chi connectivity index (χ4v) is 1.74. The standard InChI is InChI=1S/C16H27ClO/c1-7-10-11-12-13(4)16(5,6)18-15(9-3)14(17)8-2/h8,10-11,13H,2,7,9,12H2,1,3-6H3/b11-10-,15-14-/t13-/m0/s1. The van der Waals surface area contributed by atoms with Crippen molar-refractivity contribution in [2.24, 2.45) is 5.92 Å². The number of hydrogen-bond donors (Lipinski definition) is 0. The van der Waals surface area contributed by atoms with Crippen LogP contribution in [0.5, 0.6) is 0 Å². The Hall–Kier alpha value is -0.690. The first kappa shape index (κ1) is 17.3. The van der Waals surface area contributed by atoms with E-state index in [0.29, 0.717) is 11.0 Å².